The number of para-hydroxylation sites is 1. The number of hydrogen-bond donors (Lipinski definition) is 2. The van der Waals surface area contributed by atoms with Crippen LogP contribution in [0.2, 0.25) is 10.0 Å². The maximum Gasteiger partial charge on any atom is 0.321 e. The van der Waals surface area contributed by atoms with E-state index in [1.165, 1.54) is 0 Å². The van der Waals surface area contributed by atoms with Crippen LogP contribution in [0, 0.1) is 6.92 Å². The quantitative estimate of drug-likeness (QED) is 0.290. The van der Waals surface area contributed by atoms with Crippen LogP contribution in [0.5, 0.6) is 5.75 Å². The van der Waals surface area contributed by atoms with E-state index in [1.807, 2.05) is 37.3 Å². The van der Waals surface area contributed by atoms with Crippen LogP contribution in [0.15, 0.2) is 66.7 Å². The summed E-state index contributed by atoms with van der Waals surface area (Å²) in [6, 6.07) is 19.2. The third kappa shape index (κ3) is 6.27. The van der Waals surface area contributed by atoms with Gasteiger partial charge in [-0.3, -0.25) is 9.59 Å². The van der Waals surface area contributed by atoms with Crippen molar-refractivity contribution in [2.75, 3.05) is 38.5 Å². The first-order chi connectivity index (χ1) is 20.2. The molecular formula is C31H29Cl2N5O4. The minimum atomic E-state index is -0.281. The number of urea groups is 1. The molecule has 0 aliphatic carbocycles. The molecule has 2 heterocycles. The number of hydrogen-bond acceptors (Lipinski definition) is 5. The number of anilines is 1. The van der Waals surface area contributed by atoms with Gasteiger partial charge < -0.3 is 25.2 Å². The highest BCUT2D eigenvalue weighted by molar-refractivity contribution is 6.38. The van der Waals surface area contributed by atoms with Crippen molar-refractivity contribution >= 4 is 57.6 Å². The number of carbonyl (C=O) groups excluding carboxylic acids is 3. The molecule has 11 heteroatoms. The molecule has 9 nitrogen and oxygen atoms in total. The Balaban J connectivity index is 1.22. The van der Waals surface area contributed by atoms with Crippen LogP contribution in [-0.2, 0) is 6.61 Å². The van der Waals surface area contributed by atoms with Gasteiger partial charge in [0, 0.05) is 66.1 Å². The fraction of sp³-hybridized carbons (Fsp3) is 0.226. The van der Waals surface area contributed by atoms with Gasteiger partial charge in [0.15, 0.2) is 0 Å². The molecule has 42 heavy (non-hydrogen) atoms. The van der Waals surface area contributed by atoms with Gasteiger partial charge in [0.05, 0.1) is 10.6 Å². The molecule has 1 aromatic heterocycles. The largest absolute Gasteiger partial charge is 0.487 e. The zero-order valence-corrected chi connectivity index (χ0v) is 24.6. The molecule has 4 amide bonds. The number of amides is 4. The second-order valence-corrected chi connectivity index (χ2v) is 10.6. The fourth-order valence-corrected chi connectivity index (χ4v) is 5.27. The Hall–Kier alpha value is -4.34. The summed E-state index contributed by atoms with van der Waals surface area (Å²) in [5, 5.41) is 6.97. The molecular weight excluding hydrogens is 577 g/mol. The zero-order valence-electron chi connectivity index (χ0n) is 23.1. The van der Waals surface area contributed by atoms with E-state index in [4.69, 9.17) is 27.9 Å². The molecule has 5 rings (SSSR count). The summed E-state index contributed by atoms with van der Waals surface area (Å²) < 4.78 is 6.09. The Kier molecular flexibility index (Phi) is 8.80. The first-order valence-corrected chi connectivity index (χ1v) is 14.1. The lowest BCUT2D eigenvalue weighted by molar-refractivity contribution is 0.0671. The summed E-state index contributed by atoms with van der Waals surface area (Å²) in [6.07, 6.45) is 0. The lowest BCUT2D eigenvalue weighted by Crippen LogP contribution is -2.51. The highest BCUT2D eigenvalue weighted by Crippen LogP contribution is 2.32. The predicted molar refractivity (Wildman–Crippen MR) is 164 cm³/mol. The van der Waals surface area contributed by atoms with Gasteiger partial charge in [-0.1, -0.05) is 41.4 Å². The average molecular weight is 607 g/mol. The van der Waals surface area contributed by atoms with Crippen LogP contribution in [0.25, 0.3) is 10.9 Å². The van der Waals surface area contributed by atoms with Gasteiger partial charge in [0.25, 0.3) is 11.8 Å². The summed E-state index contributed by atoms with van der Waals surface area (Å²) in [7, 11) is 1.56. The summed E-state index contributed by atoms with van der Waals surface area (Å²) >= 11 is 13.2. The summed E-state index contributed by atoms with van der Waals surface area (Å²) in [5.41, 5.74) is 3.51. The molecule has 3 aromatic carbocycles. The van der Waals surface area contributed by atoms with Crippen LogP contribution < -0.4 is 15.4 Å². The average Bonchev–Trinajstić information content (AvgIpc) is 3.01. The molecule has 0 radical (unpaired) electrons. The number of aromatic nitrogens is 1. The molecule has 4 aromatic rings. The van der Waals surface area contributed by atoms with Crippen LogP contribution in [0.1, 0.15) is 32.0 Å². The smallest absolute Gasteiger partial charge is 0.321 e. The minimum absolute atomic E-state index is 0.0611. The van der Waals surface area contributed by atoms with E-state index in [9.17, 15) is 14.4 Å². The number of halogens is 2. The van der Waals surface area contributed by atoms with E-state index in [2.05, 4.69) is 15.6 Å². The van der Waals surface area contributed by atoms with Crippen molar-refractivity contribution in [2.45, 2.75) is 13.5 Å². The molecule has 1 saturated heterocycles. The Morgan fingerprint density at radius 2 is 1.62 bits per heavy atom. The van der Waals surface area contributed by atoms with Gasteiger partial charge in [-0.25, -0.2) is 9.78 Å². The molecule has 0 saturated carbocycles. The Bertz CT molecular complexity index is 1650. The minimum Gasteiger partial charge on any atom is -0.487 e. The number of pyridine rings is 1. The summed E-state index contributed by atoms with van der Waals surface area (Å²) in [6.45, 7) is 3.36. The van der Waals surface area contributed by atoms with E-state index in [0.29, 0.717) is 59.3 Å². The highest BCUT2D eigenvalue weighted by atomic mass is 35.5. The number of aryl methyl sites for hydroxylation is 1. The fourth-order valence-electron chi connectivity index (χ4n) is 4.71. The standard InChI is InChI=1S/C31H29Cl2N5O4/c1-19-6-7-20-4-3-5-26(28(20)35-19)42-18-24-25(32)13-12-23(27(24)33)30(40)37-14-16-38(17-15-37)31(41)36-22-10-8-21(9-11-22)29(39)34-2/h3-13H,14-18H2,1-2H3,(H,34,39)(H,36,41). The maximum atomic E-state index is 13.4. The summed E-state index contributed by atoms with van der Waals surface area (Å²) in [5.74, 6) is 0.147. The number of fused-ring (bicyclic) bond motifs is 1. The number of piperazine rings is 1. The first kappa shape index (κ1) is 29.2. The van der Waals surface area contributed by atoms with Crippen molar-refractivity contribution < 1.29 is 19.1 Å². The topological polar surface area (TPSA) is 104 Å². The van der Waals surface area contributed by atoms with E-state index in [-0.39, 0.29) is 29.5 Å². The molecule has 1 aliphatic heterocycles. The number of carbonyl (C=O) groups is 3. The maximum absolute atomic E-state index is 13.4. The van der Waals surface area contributed by atoms with Crippen molar-refractivity contribution in [2.24, 2.45) is 0 Å². The second kappa shape index (κ2) is 12.7. The van der Waals surface area contributed by atoms with Gasteiger partial charge in [-0.2, -0.15) is 0 Å². The number of nitrogens with one attached hydrogen (secondary N) is 2. The molecule has 0 spiro atoms. The van der Waals surface area contributed by atoms with E-state index < -0.39 is 0 Å². The van der Waals surface area contributed by atoms with Gasteiger partial charge >= 0.3 is 6.03 Å². The third-order valence-electron chi connectivity index (χ3n) is 7.09. The normalized spacial score (nSPS) is 13.1. The van der Waals surface area contributed by atoms with Gasteiger partial charge in [0.2, 0.25) is 0 Å². The molecule has 2 N–H and O–H groups in total. The molecule has 1 aliphatic rings. The monoisotopic (exact) mass is 605 g/mol. The Morgan fingerprint density at radius 1 is 0.905 bits per heavy atom. The van der Waals surface area contributed by atoms with Crippen LogP contribution in [0.3, 0.4) is 0 Å². The van der Waals surface area contributed by atoms with Crippen LogP contribution >= 0.6 is 23.2 Å². The molecule has 216 valence electrons. The predicted octanol–water partition coefficient (Wildman–Crippen LogP) is 5.78. The van der Waals surface area contributed by atoms with Crippen molar-refractivity contribution in [3.05, 3.63) is 99.2 Å². The zero-order chi connectivity index (χ0) is 29.8. The third-order valence-corrected chi connectivity index (χ3v) is 7.88. The molecule has 0 bridgehead atoms. The number of nitrogens with zero attached hydrogens (tertiary/aromatic N) is 3. The number of ether oxygens (including phenoxy) is 1. The first-order valence-electron chi connectivity index (χ1n) is 13.4. The molecule has 0 atom stereocenters. The molecule has 0 unspecified atom stereocenters. The highest BCUT2D eigenvalue weighted by Gasteiger charge is 2.27. The summed E-state index contributed by atoms with van der Waals surface area (Å²) in [4.78, 5) is 45.9. The van der Waals surface area contributed by atoms with E-state index in [1.54, 1.807) is 53.2 Å². The van der Waals surface area contributed by atoms with Crippen LogP contribution in [-0.4, -0.2) is 65.9 Å². The van der Waals surface area contributed by atoms with E-state index >= 15 is 0 Å². The van der Waals surface area contributed by atoms with Gasteiger partial charge in [0.1, 0.15) is 17.9 Å². The lowest BCUT2D eigenvalue weighted by atomic mass is 10.1. The van der Waals surface area contributed by atoms with E-state index in [0.717, 1.165) is 16.6 Å². The molecule has 1 fully saturated rings. The van der Waals surface area contributed by atoms with Crippen molar-refractivity contribution in [1.82, 2.24) is 20.1 Å². The lowest BCUT2D eigenvalue weighted by Gasteiger charge is -2.35. The second-order valence-electron chi connectivity index (χ2n) is 9.82. The Morgan fingerprint density at radius 3 is 2.33 bits per heavy atom. The Labute approximate surface area is 253 Å². The van der Waals surface area contributed by atoms with Crippen molar-refractivity contribution in [1.29, 1.82) is 0 Å². The van der Waals surface area contributed by atoms with Gasteiger partial charge in [-0.15, -0.1) is 0 Å². The number of benzene rings is 3. The van der Waals surface area contributed by atoms with Crippen molar-refractivity contribution in [3.8, 4) is 5.75 Å². The number of rotatable bonds is 6. The SMILES string of the molecule is CNC(=O)c1ccc(NC(=O)N2CCN(C(=O)c3ccc(Cl)c(COc4cccc5ccc(C)nc45)c3Cl)CC2)cc1. The van der Waals surface area contributed by atoms with Gasteiger partial charge in [-0.05, 0) is 55.5 Å². The van der Waals surface area contributed by atoms with Crippen LogP contribution in [0.4, 0.5) is 10.5 Å². The van der Waals surface area contributed by atoms with Crippen molar-refractivity contribution in [3.63, 3.8) is 0 Å².